The van der Waals surface area contributed by atoms with E-state index >= 15 is 0 Å². The number of hydrogen-bond donors (Lipinski definition) is 0. The number of benzene rings is 3. The second-order valence-electron chi connectivity index (χ2n) is 7.49. The maximum absolute atomic E-state index is 2.41. The molecule has 0 atom stereocenters. The SMILES string of the molecule is CCCc1c(-c2ccc(C(C)C)cc2CC)ccc2cc(C)ccc12. The topological polar surface area (TPSA) is 0 Å². The van der Waals surface area contributed by atoms with Gasteiger partial charge in [-0.05, 0) is 64.3 Å². The van der Waals surface area contributed by atoms with Gasteiger partial charge in [0.25, 0.3) is 0 Å². The molecule has 3 aromatic carbocycles. The summed E-state index contributed by atoms with van der Waals surface area (Å²) in [4.78, 5) is 0. The molecule has 0 saturated carbocycles. The third kappa shape index (κ3) is 3.49. The predicted octanol–water partition coefficient (Wildman–Crippen LogP) is 7.45. The van der Waals surface area contributed by atoms with Gasteiger partial charge in [0.1, 0.15) is 0 Å². The van der Waals surface area contributed by atoms with Crippen LogP contribution in [-0.2, 0) is 12.8 Å². The van der Waals surface area contributed by atoms with Gasteiger partial charge in [0, 0.05) is 0 Å². The minimum absolute atomic E-state index is 0.578. The monoisotopic (exact) mass is 330 g/mol. The fraction of sp³-hybridized carbons (Fsp3) is 0.360. The van der Waals surface area contributed by atoms with Crippen LogP contribution in [0.4, 0.5) is 0 Å². The van der Waals surface area contributed by atoms with Crippen LogP contribution in [-0.4, -0.2) is 0 Å². The summed E-state index contributed by atoms with van der Waals surface area (Å²) in [5.74, 6) is 0.578. The molecule has 25 heavy (non-hydrogen) atoms. The van der Waals surface area contributed by atoms with Gasteiger partial charge in [-0.2, -0.15) is 0 Å². The summed E-state index contributed by atoms with van der Waals surface area (Å²) in [6.45, 7) is 11.3. The van der Waals surface area contributed by atoms with E-state index in [1.807, 2.05) is 0 Å². The zero-order valence-corrected chi connectivity index (χ0v) is 16.3. The van der Waals surface area contributed by atoms with E-state index in [1.165, 1.54) is 50.6 Å². The van der Waals surface area contributed by atoms with Gasteiger partial charge >= 0.3 is 0 Å². The predicted molar refractivity (Wildman–Crippen MR) is 112 cm³/mol. The molecule has 0 nitrogen and oxygen atoms in total. The van der Waals surface area contributed by atoms with Crippen molar-refractivity contribution >= 4 is 10.8 Å². The van der Waals surface area contributed by atoms with Crippen molar-refractivity contribution in [2.45, 2.75) is 59.8 Å². The van der Waals surface area contributed by atoms with E-state index in [4.69, 9.17) is 0 Å². The smallest absolute Gasteiger partial charge is 0.0143 e. The van der Waals surface area contributed by atoms with E-state index in [-0.39, 0.29) is 0 Å². The van der Waals surface area contributed by atoms with Crippen LogP contribution < -0.4 is 0 Å². The highest BCUT2D eigenvalue weighted by Crippen LogP contribution is 2.35. The number of rotatable bonds is 5. The second-order valence-corrected chi connectivity index (χ2v) is 7.49. The van der Waals surface area contributed by atoms with E-state index in [0.29, 0.717) is 5.92 Å². The first-order valence-electron chi connectivity index (χ1n) is 9.70. The van der Waals surface area contributed by atoms with E-state index in [0.717, 1.165) is 12.8 Å². The lowest BCUT2D eigenvalue weighted by atomic mass is 9.87. The molecule has 3 rings (SSSR count). The summed E-state index contributed by atoms with van der Waals surface area (Å²) in [7, 11) is 0. The highest BCUT2D eigenvalue weighted by atomic mass is 14.2. The molecule has 0 unspecified atom stereocenters. The molecule has 0 bridgehead atoms. The molecule has 130 valence electrons. The van der Waals surface area contributed by atoms with E-state index < -0.39 is 0 Å². The molecule has 0 fully saturated rings. The van der Waals surface area contributed by atoms with Crippen LogP contribution in [0.15, 0.2) is 48.5 Å². The van der Waals surface area contributed by atoms with Gasteiger partial charge in [0.15, 0.2) is 0 Å². The Kier molecular flexibility index (Phi) is 5.27. The van der Waals surface area contributed by atoms with Crippen molar-refractivity contribution < 1.29 is 0 Å². The molecule has 0 radical (unpaired) electrons. The molecular formula is C25H30. The Labute approximate surface area is 152 Å². The second kappa shape index (κ2) is 7.44. The molecule has 3 aromatic rings. The number of fused-ring (bicyclic) bond motifs is 1. The maximum Gasteiger partial charge on any atom is -0.0143 e. The first-order chi connectivity index (χ1) is 12.0. The third-order valence-corrected chi connectivity index (χ3v) is 5.25. The van der Waals surface area contributed by atoms with Crippen molar-refractivity contribution in [2.24, 2.45) is 0 Å². The molecule has 0 heteroatoms. The summed E-state index contributed by atoms with van der Waals surface area (Å²) in [6.07, 6.45) is 3.38. The van der Waals surface area contributed by atoms with Crippen LogP contribution >= 0.6 is 0 Å². The van der Waals surface area contributed by atoms with Gasteiger partial charge in [-0.25, -0.2) is 0 Å². The summed E-state index contributed by atoms with van der Waals surface area (Å²) < 4.78 is 0. The van der Waals surface area contributed by atoms with Crippen molar-refractivity contribution in [3.8, 4) is 11.1 Å². The molecule has 0 N–H and O–H groups in total. The third-order valence-electron chi connectivity index (χ3n) is 5.25. The Morgan fingerprint density at radius 2 is 1.60 bits per heavy atom. The largest absolute Gasteiger partial charge is 0.0651 e. The zero-order valence-electron chi connectivity index (χ0n) is 16.3. The average molecular weight is 331 g/mol. The summed E-state index contributed by atoms with van der Waals surface area (Å²) in [6, 6.07) is 18.6. The molecule has 0 heterocycles. The quantitative estimate of drug-likeness (QED) is 0.455. The van der Waals surface area contributed by atoms with Crippen molar-refractivity contribution in [3.05, 3.63) is 70.8 Å². The molecule has 0 aliphatic carbocycles. The highest BCUT2D eigenvalue weighted by molar-refractivity contribution is 5.92. The molecule has 0 aliphatic heterocycles. The first-order valence-corrected chi connectivity index (χ1v) is 9.70. The summed E-state index contributed by atoms with van der Waals surface area (Å²) in [5, 5.41) is 2.78. The maximum atomic E-state index is 2.41. The standard InChI is InChI=1S/C25H30/c1-6-8-24-23-12-9-18(5)15-21(23)11-14-25(24)22-13-10-20(17(3)4)16-19(22)7-2/h9-17H,6-8H2,1-5H3. The molecule has 0 saturated heterocycles. The van der Waals surface area contributed by atoms with Crippen LogP contribution in [0, 0.1) is 6.92 Å². The van der Waals surface area contributed by atoms with Crippen molar-refractivity contribution in [3.63, 3.8) is 0 Å². The van der Waals surface area contributed by atoms with Gasteiger partial charge in [0.2, 0.25) is 0 Å². The minimum atomic E-state index is 0.578. The Balaban J connectivity index is 2.24. The Bertz CT molecular complexity index is 884. The zero-order chi connectivity index (χ0) is 18.0. The van der Waals surface area contributed by atoms with Gasteiger partial charge in [-0.1, -0.05) is 88.2 Å². The summed E-state index contributed by atoms with van der Waals surface area (Å²) in [5.41, 5.74) is 8.58. The minimum Gasteiger partial charge on any atom is -0.0651 e. The van der Waals surface area contributed by atoms with Gasteiger partial charge in [0.05, 0.1) is 0 Å². The lowest BCUT2D eigenvalue weighted by molar-refractivity contribution is 0.862. The fourth-order valence-corrected chi connectivity index (χ4v) is 3.81. The first kappa shape index (κ1) is 17.7. The normalized spacial score (nSPS) is 11.4. The van der Waals surface area contributed by atoms with Crippen LogP contribution in [0.3, 0.4) is 0 Å². The summed E-state index contributed by atoms with van der Waals surface area (Å²) >= 11 is 0. The van der Waals surface area contributed by atoms with Crippen LogP contribution in [0.1, 0.15) is 62.3 Å². The Morgan fingerprint density at radius 1 is 0.840 bits per heavy atom. The molecule has 0 spiro atoms. The fourth-order valence-electron chi connectivity index (χ4n) is 3.81. The van der Waals surface area contributed by atoms with Crippen molar-refractivity contribution in [1.82, 2.24) is 0 Å². The highest BCUT2D eigenvalue weighted by Gasteiger charge is 2.13. The van der Waals surface area contributed by atoms with Crippen molar-refractivity contribution in [1.29, 1.82) is 0 Å². The lowest BCUT2D eigenvalue weighted by Gasteiger charge is -2.18. The molecule has 0 aliphatic rings. The molecule has 0 amide bonds. The molecular weight excluding hydrogens is 300 g/mol. The lowest BCUT2D eigenvalue weighted by Crippen LogP contribution is -1.97. The van der Waals surface area contributed by atoms with E-state index in [9.17, 15) is 0 Å². The number of hydrogen-bond acceptors (Lipinski definition) is 0. The molecule has 0 aromatic heterocycles. The van der Waals surface area contributed by atoms with Gasteiger partial charge in [-0.15, -0.1) is 0 Å². The van der Waals surface area contributed by atoms with Crippen LogP contribution in [0.5, 0.6) is 0 Å². The van der Waals surface area contributed by atoms with E-state index in [2.05, 4.69) is 83.1 Å². The number of aryl methyl sites for hydroxylation is 3. The van der Waals surface area contributed by atoms with E-state index in [1.54, 1.807) is 0 Å². The van der Waals surface area contributed by atoms with Crippen molar-refractivity contribution in [2.75, 3.05) is 0 Å². The Morgan fingerprint density at radius 3 is 2.28 bits per heavy atom. The van der Waals surface area contributed by atoms with Crippen LogP contribution in [0.25, 0.3) is 21.9 Å². The Hall–Kier alpha value is -2.08. The van der Waals surface area contributed by atoms with Crippen LogP contribution in [0.2, 0.25) is 0 Å². The van der Waals surface area contributed by atoms with Gasteiger partial charge < -0.3 is 0 Å². The average Bonchev–Trinajstić information content (AvgIpc) is 2.61. The van der Waals surface area contributed by atoms with Gasteiger partial charge in [-0.3, -0.25) is 0 Å².